The SMILES string of the molecule is c1cc2cc(CNC3CCCCC3)ccc2[nH]1. The maximum absolute atomic E-state index is 3.68. The lowest BCUT2D eigenvalue weighted by Gasteiger charge is -2.22. The van der Waals surface area contributed by atoms with Gasteiger partial charge in [-0.1, -0.05) is 25.3 Å². The molecule has 17 heavy (non-hydrogen) atoms. The van der Waals surface area contributed by atoms with Gasteiger partial charge in [0.25, 0.3) is 0 Å². The number of rotatable bonds is 3. The molecule has 0 bridgehead atoms. The van der Waals surface area contributed by atoms with Crippen LogP contribution in [0.5, 0.6) is 0 Å². The normalized spacial score (nSPS) is 17.6. The number of hydrogen-bond donors (Lipinski definition) is 2. The highest BCUT2D eigenvalue weighted by Crippen LogP contribution is 2.19. The molecule has 2 nitrogen and oxygen atoms in total. The van der Waals surface area contributed by atoms with E-state index >= 15 is 0 Å². The second kappa shape index (κ2) is 4.92. The van der Waals surface area contributed by atoms with Crippen molar-refractivity contribution in [3.8, 4) is 0 Å². The van der Waals surface area contributed by atoms with Crippen molar-refractivity contribution < 1.29 is 0 Å². The number of aromatic nitrogens is 1. The molecule has 0 spiro atoms. The molecule has 2 N–H and O–H groups in total. The molecule has 0 radical (unpaired) electrons. The van der Waals surface area contributed by atoms with Gasteiger partial charge < -0.3 is 10.3 Å². The highest BCUT2D eigenvalue weighted by atomic mass is 14.9. The number of nitrogens with one attached hydrogen (secondary N) is 2. The molecule has 1 fully saturated rings. The first kappa shape index (κ1) is 10.8. The minimum absolute atomic E-state index is 0.741. The van der Waals surface area contributed by atoms with Crippen LogP contribution in [0.4, 0.5) is 0 Å². The predicted octanol–water partition coefficient (Wildman–Crippen LogP) is 3.59. The molecule has 0 unspecified atom stereocenters. The van der Waals surface area contributed by atoms with Gasteiger partial charge in [-0.25, -0.2) is 0 Å². The fourth-order valence-corrected chi connectivity index (χ4v) is 2.78. The highest BCUT2D eigenvalue weighted by molar-refractivity contribution is 5.79. The van der Waals surface area contributed by atoms with E-state index in [0.29, 0.717) is 0 Å². The first-order chi connectivity index (χ1) is 8.42. The van der Waals surface area contributed by atoms with E-state index in [0.717, 1.165) is 12.6 Å². The van der Waals surface area contributed by atoms with Crippen LogP contribution < -0.4 is 5.32 Å². The van der Waals surface area contributed by atoms with Crippen LogP contribution >= 0.6 is 0 Å². The summed E-state index contributed by atoms with van der Waals surface area (Å²) >= 11 is 0. The molecule has 1 aliphatic carbocycles. The molecule has 0 aliphatic heterocycles. The van der Waals surface area contributed by atoms with Gasteiger partial charge in [-0.05, 0) is 42.0 Å². The van der Waals surface area contributed by atoms with Crippen molar-refractivity contribution in [2.75, 3.05) is 0 Å². The number of aromatic amines is 1. The Hall–Kier alpha value is -1.28. The molecule has 0 saturated heterocycles. The summed E-state index contributed by atoms with van der Waals surface area (Å²) < 4.78 is 0. The van der Waals surface area contributed by atoms with Crippen LogP contribution in [0.1, 0.15) is 37.7 Å². The zero-order valence-corrected chi connectivity index (χ0v) is 10.2. The fraction of sp³-hybridized carbons (Fsp3) is 0.467. The Balaban J connectivity index is 1.63. The van der Waals surface area contributed by atoms with Crippen LogP contribution in [-0.4, -0.2) is 11.0 Å². The highest BCUT2D eigenvalue weighted by Gasteiger charge is 2.12. The van der Waals surface area contributed by atoms with Crippen LogP contribution in [0.25, 0.3) is 10.9 Å². The Kier molecular flexibility index (Phi) is 3.14. The maximum atomic E-state index is 3.68. The van der Waals surface area contributed by atoms with Crippen molar-refractivity contribution in [2.24, 2.45) is 0 Å². The van der Waals surface area contributed by atoms with E-state index in [1.165, 1.54) is 48.6 Å². The smallest absolute Gasteiger partial charge is 0.0454 e. The zero-order valence-electron chi connectivity index (χ0n) is 10.2. The second-order valence-corrected chi connectivity index (χ2v) is 5.12. The molecule has 1 aliphatic rings. The third kappa shape index (κ3) is 2.52. The van der Waals surface area contributed by atoms with Crippen molar-refractivity contribution in [3.63, 3.8) is 0 Å². The molecule has 0 amide bonds. The molecule has 90 valence electrons. The Morgan fingerprint density at radius 1 is 1.12 bits per heavy atom. The summed E-state index contributed by atoms with van der Waals surface area (Å²) in [6.45, 7) is 1.01. The Morgan fingerprint density at radius 3 is 2.88 bits per heavy atom. The molecule has 2 heteroatoms. The van der Waals surface area contributed by atoms with Gasteiger partial charge in [-0.2, -0.15) is 0 Å². The lowest BCUT2D eigenvalue weighted by atomic mass is 9.95. The summed E-state index contributed by atoms with van der Waals surface area (Å²) in [6.07, 6.45) is 8.93. The number of hydrogen-bond acceptors (Lipinski definition) is 1. The molecule has 1 saturated carbocycles. The molecule has 0 atom stereocenters. The van der Waals surface area contributed by atoms with E-state index < -0.39 is 0 Å². The van der Waals surface area contributed by atoms with E-state index in [-0.39, 0.29) is 0 Å². The minimum Gasteiger partial charge on any atom is -0.361 e. The van der Waals surface area contributed by atoms with E-state index in [2.05, 4.69) is 34.6 Å². The summed E-state index contributed by atoms with van der Waals surface area (Å²) in [5, 5.41) is 5.00. The Labute approximate surface area is 102 Å². The summed E-state index contributed by atoms with van der Waals surface area (Å²) in [7, 11) is 0. The quantitative estimate of drug-likeness (QED) is 0.825. The molecular weight excluding hydrogens is 208 g/mol. The van der Waals surface area contributed by atoms with Gasteiger partial charge >= 0.3 is 0 Å². The standard InChI is InChI=1S/C15H20N2/c1-2-4-14(5-3-1)17-11-12-6-7-15-13(10-12)8-9-16-15/h6-10,14,16-17H,1-5,11H2. The van der Waals surface area contributed by atoms with Crippen molar-refractivity contribution in [1.29, 1.82) is 0 Å². The third-order valence-corrected chi connectivity index (χ3v) is 3.82. The fourth-order valence-electron chi connectivity index (χ4n) is 2.78. The summed E-state index contributed by atoms with van der Waals surface area (Å²) in [5.41, 5.74) is 2.62. The van der Waals surface area contributed by atoms with Gasteiger partial charge in [0.05, 0.1) is 0 Å². The van der Waals surface area contributed by atoms with E-state index in [1.54, 1.807) is 0 Å². The molecule has 2 aromatic rings. The second-order valence-electron chi connectivity index (χ2n) is 5.12. The third-order valence-electron chi connectivity index (χ3n) is 3.82. The van der Waals surface area contributed by atoms with Crippen LogP contribution in [-0.2, 0) is 6.54 Å². The monoisotopic (exact) mass is 228 g/mol. The van der Waals surface area contributed by atoms with Gasteiger partial charge in [-0.15, -0.1) is 0 Å². The van der Waals surface area contributed by atoms with E-state index in [9.17, 15) is 0 Å². The first-order valence-electron chi connectivity index (χ1n) is 6.71. The van der Waals surface area contributed by atoms with Crippen molar-refractivity contribution >= 4 is 10.9 Å². The number of benzene rings is 1. The Morgan fingerprint density at radius 2 is 2.00 bits per heavy atom. The Bertz CT molecular complexity index is 480. The van der Waals surface area contributed by atoms with Gasteiger partial charge in [0.1, 0.15) is 0 Å². The predicted molar refractivity (Wildman–Crippen MR) is 72.0 cm³/mol. The van der Waals surface area contributed by atoms with Gasteiger partial charge in [0.2, 0.25) is 0 Å². The molecule has 1 aromatic heterocycles. The number of H-pyrrole nitrogens is 1. The van der Waals surface area contributed by atoms with Gasteiger partial charge in [-0.3, -0.25) is 0 Å². The number of fused-ring (bicyclic) bond motifs is 1. The van der Waals surface area contributed by atoms with Crippen LogP contribution in [0.15, 0.2) is 30.5 Å². The van der Waals surface area contributed by atoms with E-state index in [1.807, 2.05) is 6.20 Å². The van der Waals surface area contributed by atoms with Crippen LogP contribution in [0, 0.1) is 0 Å². The maximum Gasteiger partial charge on any atom is 0.0454 e. The zero-order chi connectivity index (χ0) is 11.5. The topological polar surface area (TPSA) is 27.8 Å². The molecule has 3 rings (SSSR count). The van der Waals surface area contributed by atoms with Crippen LogP contribution in [0.3, 0.4) is 0 Å². The summed E-state index contributed by atoms with van der Waals surface area (Å²) in [5.74, 6) is 0. The lowest BCUT2D eigenvalue weighted by Crippen LogP contribution is -2.30. The molecule has 1 aromatic carbocycles. The van der Waals surface area contributed by atoms with E-state index in [4.69, 9.17) is 0 Å². The van der Waals surface area contributed by atoms with Crippen molar-refractivity contribution in [2.45, 2.75) is 44.7 Å². The van der Waals surface area contributed by atoms with Gasteiger partial charge in [0.15, 0.2) is 0 Å². The molecular formula is C15H20N2. The van der Waals surface area contributed by atoms with Crippen LogP contribution in [0.2, 0.25) is 0 Å². The van der Waals surface area contributed by atoms with Crippen molar-refractivity contribution in [1.82, 2.24) is 10.3 Å². The molecule has 1 heterocycles. The average Bonchev–Trinajstić information content (AvgIpc) is 2.85. The largest absolute Gasteiger partial charge is 0.361 e. The lowest BCUT2D eigenvalue weighted by molar-refractivity contribution is 0.372. The summed E-state index contributed by atoms with van der Waals surface area (Å²) in [4.78, 5) is 3.23. The first-order valence-corrected chi connectivity index (χ1v) is 6.71. The summed E-state index contributed by atoms with van der Waals surface area (Å²) in [6, 6.07) is 9.55. The average molecular weight is 228 g/mol. The van der Waals surface area contributed by atoms with Crippen molar-refractivity contribution in [3.05, 3.63) is 36.0 Å². The van der Waals surface area contributed by atoms with Gasteiger partial charge in [0, 0.05) is 24.3 Å². The minimum atomic E-state index is 0.741.